The molecule has 0 spiro atoms. The van der Waals surface area contributed by atoms with Crippen LogP contribution in [0.4, 0.5) is 14.5 Å². The fraction of sp³-hybridized carbons (Fsp3) is 0. The molecule has 100 valence electrons. The summed E-state index contributed by atoms with van der Waals surface area (Å²) >= 11 is 0. The first kappa shape index (κ1) is 12.3. The number of benzene rings is 2. The summed E-state index contributed by atoms with van der Waals surface area (Å²) in [7, 11) is 0. The zero-order chi connectivity index (χ0) is 14.1. The van der Waals surface area contributed by atoms with E-state index in [4.69, 9.17) is 5.73 Å². The number of hydrogen-bond acceptors (Lipinski definition) is 3. The van der Waals surface area contributed by atoms with Crippen molar-refractivity contribution in [3.05, 3.63) is 54.1 Å². The van der Waals surface area contributed by atoms with Gasteiger partial charge in [-0.25, -0.2) is 13.8 Å². The Bertz CT molecular complexity index is 747. The van der Waals surface area contributed by atoms with Crippen LogP contribution in [-0.2, 0) is 0 Å². The number of nitrogen functional groups attached to an aromatic ring is 1. The minimum Gasteiger partial charge on any atom is -0.399 e. The van der Waals surface area contributed by atoms with Gasteiger partial charge in [0.05, 0.1) is 0 Å². The number of nitrogens with two attached hydrogens (primary N) is 1. The van der Waals surface area contributed by atoms with E-state index in [2.05, 4.69) is 15.2 Å². The lowest BCUT2D eigenvalue weighted by Gasteiger charge is -1.97. The van der Waals surface area contributed by atoms with Gasteiger partial charge in [0.15, 0.2) is 11.6 Å². The van der Waals surface area contributed by atoms with Gasteiger partial charge in [0.1, 0.15) is 11.6 Å². The summed E-state index contributed by atoms with van der Waals surface area (Å²) in [6.45, 7) is 0. The highest BCUT2D eigenvalue weighted by molar-refractivity contribution is 5.64. The molecule has 2 aromatic carbocycles. The number of aromatic nitrogens is 3. The number of anilines is 1. The second kappa shape index (κ2) is 4.73. The molecule has 3 rings (SSSR count). The Labute approximate surface area is 113 Å². The van der Waals surface area contributed by atoms with E-state index < -0.39 is 11.6 Å². The van der Waals surface area contributed by atoms with Crippen molar-refractivity contribution in [1.82, 2.24) is 15.2 Å². The Hall–Kier alpha value is -2.76. The molecule has 0 aliphatic rings. The average Bonchev–Trinajstić information content (AvgIpc) is 2.87. The maximum Gasteiger partial charge on any atom is 0.181 e. The third-order valence-electron chi connectivity index (χ3n) is 2.77. The van der Waals surface area contributed by atoms with Gasteiger partial charge in [-0.3, -0.25) is 5.10 Å². The lowest BCUT2D eigenvalue weighted by molar-refractivity contribution is 0.584. The van der Waals surface area contributed by atoms with Gasteiger partial charge >= 0.3 is 0 Å². The number of nitrogens with zero attached hydrogens (tertiary/aromatic N) is 2. The molecule has 0 amide bonds. The Kier molecular flexibility index (Phi) is 2.90. The number of hydrogen-bond donors (Lipinski definition) is 2. The normalized spacial score (nSPS) is 10.7. The van der Waals surface area contributed by atoms with Crippen LogP contribution in [0.1, 0.15) is 0 Å². The smallest absolute Gasteiger partial charge is 0.181 e. The first-order chi connectivity index (χ1) is 9.61. The average molecular weight is 272 g/mol. The predicted octanol–water partition coefficient (Wildman–Crippen LogP) is 3.00. The molecule has 0 radical (unpaired) electrons. The van der Waals surface area contributed by atoms with Gasteiger partial charge in [0, 0.05) is 22.9 Å². The fourth-order valence-corrected chi connectivity index (χ4v) is 1.89. The molecule has 0 unspecified atom stereocenters. The van der Waals surface area contributed by atoms with Gasteiger partial charge in [-0.1, -0.05) is 12.1 Å². The molecule has 0 atom stereocenters. The highest BCUT2D eigenvalue weighted by Gasteiger charge is 2.10. The number of aromatic amines is 1. The summed E-state index contributed by atoms with van der Waals surface area (Å²) in [6.07, 6.45) is 0. The Morgan fingerprint density at radius 2 is 1.70 bits per heavy atom. The van der Waals surface area contributed by atoms with E-state index in [0.717, 1.165) is 11.6 Å². The molecule has 0 aliphatic carbocycles. The fourth-order valence-electron chi connectivity index (χ4n) is 1.89. The number of rotatable bonds is 2. The summed E-state index contributed by atoms with van der Waals surface area (Å²) in [4.78, 5) is 4.22. The molecule has 0 saturated carbocycles. The molecule has 4 nitrogen and oxygen atoms in total. The largest absolute Gasteiger partial charge is 0.399 e. The van der Waals surface area contributed by atoms with Gasteiger partial charge < -0.3 is 5.73 Å². The van der Waals surface area contributed by atoms with Crippen molar-refractivity contribution in [3.8, 4) is 22.8 Å². The first-order valence-electron chi connectivity index (χ1n) is 5.86. The summed E-state index contributed by atoms with van der Waals surface area (Å²) in [5, 5.41) is 6.69. The molecular formula is C14H10F2N4. The molecule has 1 heterocycles. The van der Waals surface area contributed by atoms with Crippen LogP contribution < -0.4 is 5.73 Å². The molecular weight excluding hydrogens is 262 g/mol. The van der Waals surface area contributed by atoms with Crippen LogP contribution in [-0.4, -0.2) is 15.2 Å². The van der Waals surface area contributed by atoms with Crippen molar-refractivity contribution in [1.29, 1.82) is 0 Å². The van der Waals surface area contributed by atoms with Gasteiger partial charge in [-0.2, -0.15) is 5.10 Å². The van der Waals surface area contributed by atoms with E-state index in [0.29, 0.717) is 11.5 Å². The molecule has 6 heteroatoms. The maximum atomic E-state index is 13.2. The third-order valence-corrected chi connectivity index (χ3v) is 2.77. The van der Waals surface area contributed by atoms with E-state index in [1.807, 2.05) is 6.07 Å². The summed E-state index contributed by atoms with van der Waals surface area (Å²) < 4.78 is 26.3. The summed E-state index contributed by atoms with van der Waals surface area (Å²) in [5.74, 6) is -0.636. The van der Waals surface area contributed by atoms with Gasteiger partial charge in [-0.15, -0.1) is 0 Å². The van der Waals surface area contributed by atoms with Crippen molar-refractivity contribution in [3.63, 3.8) is 0 Å². The molecule has 0 bridgehead atoms. The highest BCUT2D eigenvalue weighted by atomic mass is 19.1. The molecule has 20 heavy (non-hydrogen) atoms. The highest BCUT2D eigenvalue weighted by Crippen LogP contribution is 2.22. The SMILES string of the molecule is Nc1cccc(-c2nc(-c3cc(F)cc(F)c3)n[nH]2)c1. The Balaban J connectivity index is 2.02. The van der Waals surface area contributed by atoms with Crippen molar-refractivity contribution in [2.24, 2.45) is 0 Å². The molecule has 0 saturated heterocycles. The van der Waals surface area contributed by atoms with Crippen LogP contribution in [0.2, 0.25) is 0 Å². The molecule has 0 fully saturated rings. The zero-order valence-electron chi connectivity index (χ0n) is 10.3. The summed E-state index contributed by atoms with van der Waals surface area (Å²) in [6, 6.07) is 10.2. The first-order valence-corrected chi connectivity index (χ1v) is 5.86. The van der Waals surface area contributed by atoms with E-state index in [1.165, 1.54) is 12.1 Å². The number of H-pyrrole nitrogens is 1. The van der Waals surface area contributed by atoms with E-state index in [1.54, 1.807) is 18.2 Å². The van der Waals surface area contributed by atoms with Crippen molar-refractivity contribution in [2.45, 2.75) is 0 Å². The second-order valence-corrected chi connectivity index (χ2v) is 4.29. The lowest BCUT2D eigenvalue weighted by Crippen LogP contribution is -1.87. The van der Waals surface area contributed by atoms with Crippen LogP contribution in [0.3, 0.4) is 0 Å². The van der Waals surface area contributed by atoms with E-state index in [-0.39, 0.29) is 11.4 Å². The van der Waals surface area contributed by atoms with Crippen LogP contribution in [0, 0.1) is 11.6 Å². The maximum absolute atomic E-state index is 13.2. The third kappa shape index (κ3) is 2.35. The Morgan fingerprint density at radius 1 is 0.950 bits per heavy atom. The molecule has 3 aromatic rings. The minimum atomic E-state index is -0.671. The van der Waals surface area contributed by atoms with Crippen LogP contribution >= 0.6 is 0 Å². The van der Waals surface area contributed by atoms with Crippen LogP contribution in [0.5, 0.6) is 0 Å². The zero-order valence-corrected chi connectivity index (χ0v) is 10.3. The number of halogens is 2. The Morgan fingerprint density at radius 3 is 2.40 bits per heavy atom. The van der Waals surface area contributed by atoms with Crippen LogP contribution in [0.15, 0.2) is 42.5 Å². The molecule has 3 N–H and O–H groups in total. The van der Waals surface area contributed by atoms with Gasteiger partial charge in [0.25, 0.3) is 0 Å². The second-order valence-electron chi connectivity index (χ2n) is 4.29. The van der Waals surface area contributed by atoms with E-state index >= 15 is 0 Å². The van der Waals surface area contributed by atoms with Gasteiger partial charge in [-0.05, 0) is 24.3 Å². The van der Waals surface area contributed by atoms with Crippen molar-refractivity contribution in [2.75, 3.05) is 5.73 Å². The standard InChI is InChI=1S/C14H10F2N4/c15-10-4-9(5-11(16)7-10)14-18-13(19-20-14)8-2-1-3-12(17)6-8/h1-7H,17H2,(H,18,19,20). The molecule has 0 aliphatic heterocycles. The minimum absolute atomic E-state index is 0.223. The monoisotopic (exact) mass is 272 g/mol. The summed E-state index contributed by atoms with van der Waals surface area (Å²) in [5.41, 5.74) is 7.31. The van der Waals surface area contributed by atoms with Crippen molar-refractivity contribution < 1.29 is 8.78 Å². The number of nitrogens with one attached hydrogen (secondary N) is 1. The predicted molar refractivity (Wildman–Crippen MR) is 71.6 cm³/mol. The van der Waals surface area contributed by atoms with Crippen LogP contribution in [0.25, 0.3) is 22.8 Å². The van der Waals surface area contributed by atoms with Crippen molar-refractivity contribution >= 4 is 5.69 Å². The molecule has 1 aromatic heterocycles. The lowest BCUT2D eigenvalue weighted by atomic mass is 10.2. The quantitative estimate of drug-likeness (QED) is 0.705. The van der Waals surface area contributed by atoms with Gasteiger partial charge in [0.2, 0.25) is 0 Å². The van der Waals surface area contributed by atoms with E-state index in [9.17, 15) is 8.78 Å². The topological polar surface area (TPSA) is 67.6 Å².